The lowest BCUT2D eigenvalue weighted by atomic mass is 9.99. The number of carboxylic acid groups (broad SMARTS) is 1. The van der Waals surface area contributed by atoms with Gasteiger partial charge >= 0.3 is 5.97 Å². The van der Waals surface area contributed by atoms with Gasteiger partial charge in [-0.15, -0.1) is 0 Å². The van der Waals surface area contributed by atoms with Gasteiger partial charge in [-0.2, -0.15) is 0 Å². The molecule has 4 nitrogen and oxygen atoms in total. The maximum atomic E-state index is 11.4. The molecule has 3 rings (SSSR count). The van der Waals surface area contributed by atoms with Crippen LogP contribution in [0.15, 0.2) is 41.1 Å². The van der Waals surface area contributed by atoms with E-state index < -0.39 is 5.97 Å². The first kappa shape index (κ1) is 12.7. The fourth-order valence-corrected chi connectivity index (χ4v) is 2.43. The summed E-state index contributed by atoms with van der Waals surface area (Å²) in [5, 5.41) is 10.7. The number of carbonyl (C=O) groups is 1. The Morgan fingerprint density at radius 1 is 1.30 bits per heavy atom. The van der Waals surface area contributed by atoms with Crippen LogP contribution in [0.5, 0.6) is 0 Å². The van der Waals surface area contributed by atoms with E-state index in [0.717, 1.165) is 11.1 Å². The second-order valence-electron chi connectivity index (χ2n) is 4.47. The van der Waals surface area contributed by atoms with Gasteiger partial charge in [0.15, 0.2) is 0 Å². The summed E-state index contributed by atoms with van der Waals surface area (Å²) in [6.45, 7) is 1.80. The van der Waals surface area contributed by atoms with Gasteiger partial charge in [-0.1, -0.05) is 11.6 Å². The lowest BCUT2D eigenvalue weighted by molar-refractivity contribution is 0.0697. The summed E-state index contributed by atoms with van der Waals surface area (Å²) in [6, 6.07) is 6.99. The van der Waals surface area contributed by atoms with E-state index >= 15 is 0 Å². The highest BCUT2D eigenvalue weighted by atomic mass is 35.5. The van der Waals surface area contributed by atoms with E-state index in [1.807, 2.05) is 0 Å². The highest BCUT2D eigenvalue weighted by Crippen LogP contribution is 2.34. The van der Waals surface area contributed by atoms with Gasteiger partial charge in [0.2, 0.25) is 0 Å². The molecule has 0 amide bonds. The van der Waals surface area contributed by atoms with Crippen LogP contribution in [0.1, 0.15) is 16.1 Å². The molecule has 3 aromatic rings. The lowest BCUT2D eigenvalue weighted by Crippen LogP contribution is -2.01. The predicted octanol–water partition coefficient (Wildman–Crippen LogP) is 4.15. The van der Waals surface area contributed by atoms with Crippen molar-refractivity contribution in [2.45, 2.75) is 6.92 Å². The van der Waals surface area contributed by atoms with Gasteiger partial charge in [0.05, 0.1) is 11.8 Å². The van der Waals surface area contributed by atoms with Gasteiger partial charge in [-0.05, 0) is 31.2 Å². The topological polar surface area (TPSA) is 63.3 Å². The Morgan fingerprint density at radius 3 is 2.85 bits per heavy atom. The Kier molecular flexibility index (Phi) is 2.95. The van der Waals surface area contributed by atoms with Crippen LogP contribution in [-0.4, -0.2) is 16.1 Å². The number of aryl methyl sites for hydroxylation is 1. The fraction of sp³-hybridized carbons (Fsp3) is 0.0667. The van der Waals surface area contributed by atoms with Crippen LogP contribution in [0.4, 0.5) is 0 Å². The molecule has 2 heterocycles. The van der Waals surface area contributed by atoms with Crippen LogP contribution < -0.4 is 0 Å². The minimum Gasteiger partial charge on any atom is -0.478 e. The van der Waals surface area contributed by atoms with Crippen LogP contribution in [0, 0.1) is 6.92 Å². The van der Waals surface area contributed by atoms with Crippen molar-refractivity contribution in [1.82, 2.24) is 4.98 Å². The van der Waals surface area contributed by atoms with Crippen molar-refractivity contribution in [3.63, 3.8) is 0 Å². The molecule has 100 valence electrons. The van der Waals surface area contributed by atoms with Crippen molar-refractivity contribution in [3.8, 4) is 11.1 Å². The third kappa shape index (κ3) is 2.04. The summed E-state index contributed by atoms with van der Waals surface area (Å²) in [5.41, 5.74) is 2.66. The normalized spacial score (nSPS) is 10.9. The molecule has 0 unspecified atom stereocenters. The van der Waals surface area contributed by atoms with Crippen LogP contribution in [-0.2, 0) is 0 Å². The standard InChI is InChI=1S/C15H10ClNO3/c1-8-4-11(13(7-17-8)15(18)19)12-6-10(16)5-9-2-3-20-14(9)12/h2-7H,1H3,(H,18,19). The van der Waals surface area contributed by atoms with Crippen molar-refractivity contribution in [2.75, 3.05) is 0 Å². The molecule has 0 saturated heterocycles. The van der Waals surface area contributed by atoms with E-state index in [2.05, 4.69) is 4.98 Å². The van der Waals surface area contributed by atoms with Crippen LogP contribution in [0.3, 0.4) is 0 Å². The first-order chi connectivity index (χ1) is 9.56. The molecular formula is C15H10ClNO3. The molecule has 0 aliphatic carbocycles. The molecular weight excluding hydrogens is 278 g/mol. The Bertz CT molecular complexity index is 823. The average molecular weight is 288 g/mol. The third-order valence-electron chi connectivity index (χ3n) is 3.08. The van der Waals surface area contributed by atoms with E-state index in [1.54, 1.807) is 37.5 Å². The van der Waals surface area contributed by atoms with Gasteiger partial charge in [-0.3, -0.25) is 4.98 Å². The number of fused-ring (bicyclic) bond motifs is 1. The van der Waals surface area contributed by atoms with Crippen molar-refractivity contribution in [1.29, 1.82) is 0 Å². The molecule has 2 aromatic heterocycles. The maximum Gasteiger partial charge on any atom is 0.337 e. The van der Waals surface area contributed by atoms with Crippen LogP contribution >= 0.6 is 11.6 Å². The molecule has 5 heteroatoms. The zero-order valence-electron chi connectivity index (χ0n) is 10.6. The minimum absolute atomic E-state index is 0.121. The van der Waals surface area contributed by atoms with Gasteiger partial charge in [-0.25, -0.2) is 4.79 Å². The summed E-state index contributed by atoms with van der Waals surface area (Å²) in [5.74, 6) is -1.04. The van der Waals surface area contributed by atoms with Crippen molar-refractivity contribution in [2.24, 2.45) is 0 Å². The first-order valence-corrected chi connectivity index (χ1v) is 6.31. The van der Waals surface area contributed by atoms with E-state index in [0.29, 0.717) is 21.7 Å². The highest BCUT2D eigenvalue weighted by Gasteiger charge is 2.17. The number of hydrogen-bond donors (Lipinski definition) is 1. The van der Waals surface area contributed by atoms with Gasteiger partial charge < -0.3 is 9.52 Å². The molecule has 0 spiro atoms. The molecule has 0 saturated carbocycles. The fourth-order valence-electron chi connectivity index (χ4n) is 2.20. The van der Waals surface area contributed by atoms with Gasteiger partial charge in [0, 0.05) is 33.4 Å². The van der Waals surface area contributed by atoms with Crippen LogP contribution in [0.25, 0.3) is 22.1 Å². The number of pyridine rings is 1. The molecule has 1 aromatic carbocycles. The molecule has 0 aliphatic heterocycles. The maximum absolute atomic E-state index is 11.4. The van der Waals surface area contributed by atoms with Crippen molar-refractivity contribution < 1.29 is 14.3 Å². The van der Waals surface area contributed by atoms with Crippen LogP contribution in [0.2, 0.25) is 5.02 Å². The monoisotopic (exact) mass is 287 g/mol. The van der Waals surface area contributed by atoms with Crippen molar-refractivity contribution >= 4 is 28.5 Å². The van der Waals surface area contributed by atoms with E-state index in [-0.39, 0.29) is 5.56 Å². The molecule has 0 bridgehead atoms. The van der Waals surface area contributed by atoms with Gasteiger partial charge in [0.1, 0.15) is 5.58 Å². The molecule has 1 N–H and O–H groups in total. The molecule has 20 heavy (non-hydrogen) atoms. The van der Waals surface area contributed by atoms with E-state index in [4.69, 9.17) is 16.0 Å². The second-order valence-corrected chi connectivity index (χ2v) is 4.91. The lowest BCUT2D eigenvalue weighted by Gasteiger charge is -2.08. The zero-order valence-corrected chi connectivity index (χ0v) is 11.3. The number of aromatic nitrogens is 1. The summed E-state index contributed by atoms with van der Waals surface area (Å²) in [6.07, 6.45) is 2.90. The first-order valence-electron chi connectivity index (χ1n) is 5.93. The third-order valence-corrected chi connectivity index (χ3v) is 3.30. The highest BCUT2D eigenvalue weighted by molar-refractivity contribution is 6.32. The number of rotatable bonds is 2. The van der Waals surface area contributed by atoms with E-state index in [9.17, 15) is 9.90 Å². The summed E-state index contributed by atoms with van der Waals surface area (Å²) in [4.78, 5) is 15.4. The quantitative estimate of drug-likeness (QED) is 0.769. The Labute approximate surface area is 119 Å². The largest absolute Gasteiger partial charge is 0.478 e. The molecule has 0 fully saturated rings. The number of furan rings is 1. The number of carboxylic acids is 1. The Morgan fingerprint density at radius 2 is 2.10 bits per heavy atom. The molecule has 0 atom stereocenters. The number of benzene rings is 1. The minimum atomic E-state index is -1.04. The predicted molar refractivity (Wildman–Crippen MR) is 76.2 cm³/mol. The Hall–Kier alpha value is -2.33. The molecule has 0 aliphatic rings. The number of hydrogen-bond acceptors (Lipinski definition) is 3. The average Bonchev–Trinajstić information content (AvgIpc) is 2.85. The number of halogens is 1. The van der Waals surface area contributed by atoms with E-state index in [1.165, 1.54) is 6.20 Å². The van der Waals surface area contributed by atoms with Gasteiger partial charge in [0.25, 0.3) is 0 Å². The second kappa shape index (κ2) is 4.65. The van der Waals surface area contributed by atoms with Crippen molar-refractivity contribution in [3.05, 3.63) is 53.0 Å². The summed E-state index contributed by atoms with van der Waals surface area (Å²) in [7, 11) is 0. The zero-order chi connectivity index (χ0) is 14.3. The summed E-state index contributed by atoms with van der Waals surface area (Å²) < 4.78 is 5.46. The number of aromatic carboxylic acids is 1. The Balaban J connectivity index is 2.38. The number of nitrogens with zero attached hydrogens (tertiary/aromatic N) is 1. The molecule has 0 radical (unpaired) electrons. The SMILES string of the molecule is Cc1cc(-c2cc(Cl)cc3ccoc23)c(C(=O)O)cn1. The smallest absolute Gasteiger partial charge is 0.337 e. The summed E-state index contributed by atoms with van der Waals surface area (Å²) >= 11 is 6.10.